The smallest absolute Gasteiger partial charge is 0.293 e. The number of ether oxygens (including phenoxy) is 1. The monoisotopic (exact) mass is 239 g/mol. The molecule has 0 bridgehead atoms. The predicted octanol–water partition coefficient (Wildman–Crippen LogP) is 3.11. The predicted molar refractivity (Wildman–Crippen MR) is 63.3 cm³/mol. The SMILES string of the molecule is CC(OC=O)c1nc(CC2CCCC2)cs1. The lowest BCUT2D eigenvalue weighted by molar-refractivity contribution is -0.133. The highest BCUT2D eigenvalue weighted by atomic mass is 32.1. The first-order chi connectivity index (χ1) is 7.79. The van der Waals surface area contributed by atoms with Crippen molar-refractivity contribution in [2.24, 2.45) is 5.92 Å². The Labute approximate surface area is 99.8 Å². The number of rotatable bonds is 5. The average Bonchev–Trinajstić information content (AvgIpc) is 2.90. The van der Waals surface area contributed by atoms with E-state index in [0.29, 0.717) is 6.47 Å². The van der Waals surface area contributed by atoms with Gasteiger partial charge in [-0.1, -0.05) is 25.7 Å². The van der Waals surface area contributed by atoms with Gasteiger partial charge in [-0.15, -0.1) is 11.3 Å². The lowest BCUT2D eigenvalue weighted by Gasteiger charge is -2.06. The molecule has 1 unspecified atom stereocenters. The van der Waals surface area contributed by atoms with Gasteiger partial charge in [-0.05, 0) is 19.3 Å². The molecule has 1 aliphatic carbocycles. The van der Waals surface area contributed by atoms with Crippen LogP contribution in [0.15, 0.2) is 5.38 Å². The van der Waals surface area contributed by atoms with Crippen molar-refractivity contribution >= 4 is 17.8 Å². The fraction of sp³-hybridized carbons (Fsp3) is 0.667. The minimum absolute atomic E-state index is 0.208. The molecule has 0 saturated heterocycles. The van der Waals surface area contributed by atoms with Crippen LogP contribution in [-0.2, 0) is 16.0 Å². The second kappa shape index (κ2) is 5.43. The van der Waals surface area contributed by atoms with E-state index >= 15 is 0 Å². The molecule has 3 nitrogen and oxygen atoms in total. The van der Waals surface area contributed by atoms with Crippen LogP contribution in [0.4, 0.5) is 0 Å². The summed E-state index contributed by atoms with van der Waals surface area (Å²) in [5.41, 5.74) is 1.16. The Hall–Kier alpha value is -0.900. The van der Waals surface area contributed by atoms with Gasteiger partial charge in [-0.25, -0.2) is 4.98 Å². The maximum atomic E-state index is 10.2. The van der Waals surface area contributed by atoms with Crippen LogP contribution in [0.2, 0.25) is 0 Å². The topological polar surface area (TPSA) is 39.2 Å². The minimum Gasteiger partial charge on any atom is -0.457 e. The van der Waals surface area contributed by atoms with E-state index in [1.165, 1.54) is 25.7 Å². The van der Waals surface area contributed by atoms with E-state index in [4.69, 9.17) is 4.74 Å². The molecule has 1 heterocycles. The molecule has 0 aliphatic heterocycles. The van der Waals surface area contributed by atoms with Crippen LogP contribution in [0.25, 0.3) is 0 Å². The first-order valence-electron chi connectivity index (χ1n) is 5.83. The number of nitrogens with zero attached hydrogens (tertiary/aromatic N) is 1. The van der Waals surface area contributed by atoms with Crippen molar-refractivity contribution < 1.29 is 9.53 Å². The van der Waals surface area contributed by atoms with Gasteiger partial charge in [0.25, 0.3) is 6.47 Å². The summed E-state index contributed by atoms with van der Waals surface area (Å²) >= 11 is 1.59. The number of thiazole rings is 1. The summed E-state index contributed by atoms with van der Waals surface area (Å²) in [4.78, 5) is 14.8. The summed E-state index contributed by atoms with van der Waals surface area (Å²) in [6, 6.07) is 0. The molecule has 0 amide bonds. The van der Waals surface area contributed by atoms with Gasteiger partial charge in [-0.3, -0.25) is 4.79 Å². The second-order valence-electron chi connectivity index (χ2n) is 4.41. The molecule has 0 spiro atoms. The molecule has 1 atom stereocenters. The van der Waals surface area contributed by atoms with Gasteiger partial charge in [0.2, 0.25) is 0 Å². The summed E-state index contributed by atoms with van der Waals surface area (Å²) in [6.45, 7) is 2.34. The average molecular weight is 239 g/mol. The van der Waals surface area contributed by atoms with Crippen molar-refractivity contribution in [1.29, 1.82) is 0 Å². The molecule has 1 aliphatic rings. The first kappa shape index (κ1) is 11.6. The van der Waals surface area contributed by atoms with E-state index < -0.39 is 0 Å². The maximum absolute atomic E-state index is 10.2. The van der Waals surface area contributed by atoms with Crippen molar-refractivity contribution in [3.05, 3.63) is 16.1 Å². The molecule has 4 heteroatoms. The Balaban J connectivity index is 1.93. The van der Waals surface area contributed by atoms with E-state index in [1.807, 2.05) is 6.92 Å². The number of hydrogen-bond acceptors (Lipinski definition) is 4. The summed E-state index contributed by atoms with van der Waals surface area (Å²) in [5.74, 6) is 0.817. The molecule has 2 rings (SSSR count). The molecule has 16 heavy (non-hydrogen) atoms. The Kier molecular flexibility index (Phi) is 3.93. The Morgan fingerprint density at radius 2 is 2.38 bits per heavy atom. The molecule has 1 fully saturated rings. The van der Waals surface area contributed by atoms with Crippen LogP contribution in [0.5, 0.6) is 0 Å². The van der Waals surface area contributed by atoms with Crippen molar-refractivity contribution in [3.8, 4) is 0 Å². The van der Waals surface area contributed by atoms with E-state index in [1.54, 1.807) is 11.3 Å². The Morgan fingerprint density at radius 3 is 3.06 bits per heavy atom. The van der Waals surface area contributed by atoms with Gasteiger partial charge in [0.15, 0.2) is 0 Å². The standard InChI is InChI=1S/C12H17NO2S/c1-9(15-8-14)12-13-11(7-16-12)6-10-4-2-3-5-10/h7-10H,2-6H2,1H3. The summed E-state index contributed by atoms with van der Waals surface area (Å²) < 4.78 is 4.88. The van der Waals surface area contributed by atoms with Crippen molar-refractivity contribution in [2.75, 3.05) is 0 Å². The third-order valence-corrected chi connectivity index (χ3v) is 4.20. The molecule has 0 radical (unpaired) electrons. The normalized spacial score (nSPS) is 18.6. The fourth-order valence-electron chi connectivity index (χ4n) is 2.25. The van der Waals surface area contributed by atoms with Crippen LogP contribution in [0.1, 0.15) is 49.4 Å². The van der Waals surface area contributed by atoms with Gasteiger partial charge in [0.05, 0.1) is 5.69 Å². The zero-order chi connectivity index (χ0) is 11.4. The highest BCUT2D eigenvalue weighted by Crippen LogP contribution is 2.29. The minimum atomic E-state index is -0.208. The quantitative estimate of drug-likeness (QED) is 0.741. The molecule has 1 aromatic heterocycles. The van der Waals surface area contributed by atoms with Crippen LogP contribution in [-0.4, -0.2) is 11.5 Å². The number of aromatic nitrogens is 1. The number of carbonyl (C=O) groups excluding carboxylic acids is 1. The van der Waals surface area contributed by atoms with Gasteiger partial charge in [0.1, 0.15) is 11.1 Å². The molecule has 0 aromatic carbocycles. The van der Waals surface area contributed by atoms with Crippen LogP contribution in [0, 0.1) is 5.92 Å². The van der Waals surface area contributed by atoms with Crippen molar-refractivity contribution in [2.45, 2.75) is 45.1 Å². The number of carbonyl (C=O) groups is 1. The van der Waals surface area contributed by atoms with Crippen LogP contribution < -0.4 is 0 Å². The van der Waals surface area contributed by atoms with Gasteiger partial charge >= 0.3 is 0 Å². The Bertz CT molecular complexity index is 345. The van der Waals surface area contributed by atoms with E-state index in [0.717, 1.165) is 23.0 Å². The Morgan fingerprint density at radius 1 is 1.62 bits per heavy atom. The van der Waals surface area contributed by atoms with Crippen LogP contribution >= 0.6 is 11.3 Å². The third kappa shape index (κ3) is 2.82. The lowest BCUT2D eigenvalue weighted by atomic mass is 10.0. The zero-order valence-corrected chi connectivity index (χ0v) is 10.3. The fourth-order valence-corrected chi connectivity index (χ4v) is 3.08. The van der Waals surface area contributed by atoms with Gasteiger partial charge in [-0.2, -0.15) is 0 Å². The highest BCUT2D eigenvalue weighted by molar-refractivity contribution is 7.09. The zero-order valence-electron chi connectivity index (χ0n) is 9.52. The van der Waals surface area contributed by atoms with E-state index in [9.17, 15) is 4.79 Å². The van der Waals surface area contributed by atoms with E-state index in [2.05, 4.69) is 10.4 Å². The third-order valence-electron chi connectivity index (χ3n) is 3.15. The largest absolute Gasteiger partial charge is 0.457 e. The van der Waals surface area contributed by atoms with E-state index in [-0.39, 0.29) is 6.10 Å². The van der Waals surface area contributed by atoms with Crippen molar-refractivity contribution in [3.63, 3.8) is 0 Å². The molecule has 88 valence electrons. The maximum Gasteiger partial charge on any atom is 0.293 e. The van der Waals surface area contributed by atoms with Gasteiger partial charge < -0.3 is 4.74 Å². The summed E-state index contributed by atoms with van der Waals surface area (Å²) in [5, 5.41) is 3.00. The molecular weight excluding hydrogens is 222 g/mol. The highest BCUT2D eigenvalue weighted by Gasteiger charge is 2.18. The lowest BCUT2D eigenvalue weighted by Crippen LogP contribution is -2.01. The first-order valence-corrected chi connectivity index (χ1v) is 6.71. The summed E-state index contributed by atoms with van der Waals surface area (Å²) in [7, 11) is 0. The molecule has 1 aromatic rings. The van der Waals surface area contributed by atoms with Crippen molar-refractivity contribution in [1.82, 2.24) is 4.98 Å². The second-order valence-corrected chi connectivity index (χ2v) is 5.30. The molecule has 1 saturated carbocycles. The molecular formula is C12H17NO2S. The van der Waals surface area contributed by atoms with Gasteiger partial charge in [0, 0.05) is 5.38 Å². The number of hydrogen-bond donors (Lipinski definition) is 0. The summed E-state index contributed by atoms with van der Waals surface area (Å²) in [6.07, 6.45) is 6.29. The van der Waals surface area contributed by atoms with Crippen LogP contribution in [0.3, 0.4) is 0 Å². The molecule has 0 N–H and O–H groups in total.